The summed E-state index contributed by atoms with van der Waals surface area (Å²) in [5.74, 6) is -4.65. The van der Waals surface area contributed by atoms with Gasteiger partial charge in [-0.2, -0.15) is 0 Å². The van der Waals surface area contributed by atoms with Crippen LogP contribution in [0.15, 0.2) is 66.7 Å². The van der Waals surface area contributed by atoms with Crippen LogP contribution in [0.25, 0.3) is 11.1 Å². The fourth-order valence-corrected chi connectivity index (χ4v) is 3.73. The molecule has 4 rings (SSSR count). The molecule has 0 bridgehead atoms. The zero-order valence-corrected chi connectivity index (χ0v) is 14.5. The van der Waals surface area contributed by atoms with Crippen LogP contribution in [0.2, 0.25) is 0 Å². The lowest BCUT2D eigenvalue weighted by atomic mass is 9.89. The minimum atomic E-state index is -1.32. The molecule has 0 heterocycles. The Bertz CT molecular complexity index is 1050. The van der Waals surface area contributed by atoms with Gasteiger partial charge in [-0.25, -0.2) is 13.6 Å². The van der Waals surface area contributed by atoms with Crippen molar-refractivity contribution in [2.24, 2.45) is 0 Å². The Morgan fingerprint density at radius 1 is 0.893 bits per heavy atom. The van der Waals surface area contributed by atoms with Gasteiger partial charge in [-0.1, -0.05) is 48.5 Å². The molecule has 1 atom stereocenters. The number of carbonyl (C=O) groups is 2. The molecule has 1 aliphatic carbocycles. The van der Waals surface area contributed by atoms with Crippen LogP contribution >= 0.6 is 0 Å². The van der Waals surface area contributed by atoms with E-state index in [0.717, 1.165) is 34.4 Å². The van der Waals surface area contributed by atoms with Crippen molar-refractivity contribution in [3.8, 4) is 11.1 Å². The van der Waals surface area contributed by atoms with Gasteiger partial charge in [-0.05, 0) is 34.4 Å². The van der Waals surface area contributed by atoms with E-state index in [9.17, 15) is 23.5 Å². The summed E-state index contributed by atoms with van der Waals surface area (Å²) < 4.78 is 27.1. The molecule has 6 heteroatoms. The number of rotatable bonds is 4. The molecule has 4 nitrogen and oxygen atoms in total. The normalized spacial score (nSPS) is 13.5. The maximum Gasteiger partial charge on any atom is 0.327 e. The predicted molar refractivity (Wildman–Crippen MR) is 99.0 cm³/mol. The molecular weight excluding hydrogens is 364 g/mol. The largest absolute Gasteiger partial charge is 0.480 e. The topological polar surface area (TPSA) is 66.4 Å². The van der Waals surface area contributed by atoms with E-state index < -0.39 is 41.0 Å². The van der Waals surface area contributed by atoms with Crippen LogP contribution in [0.3, 0.4) is 0 Å². The van der Waals surface area contributed by atoms with Crippen LogP contribution in [-0.4, -0.2) is 23.0 Å². The fourth-order valence-electron chi connectivity index (χ4n) is 3.73. The van der Waals surface area contributed by atoms with E-state index in [4.69, 9.17) is 0 Å². The van der Waals surface area contributed by atoms with Crippen molar-refractivity contribution in [2.45, 2.75) is 12.0 Å². The first kappa shape index (κ1) is 17.9. The molecule has 28 heavy (non-hydrogen) atoms. The number of carboxylic acid groups (broad SMARTS) is 1. The molecule has 0 aliphatic heterocycles. The van der Waals surface area contributed by atoms with Gasteiger partial charge < -0.3 is 10.4 Å². The second-order valence-corrected chi connectivity index (χ2v) is 6.57. The van der Waals surface area contributed by atoms with Crippen molar-refractivity contribution >= 4 is 11.9 Å². The molecule has 1 amide bonds. The van der Waals surface area contributed by atoms with Gasteiger partial charge >= 0.3 is 5.97 Å². The Kier molecular flexibility index (Phi) is 4.39. The maximum absolute atomic E-state index is 14.0. The Morgan fingerprint density at radius 3 is 2.00 bits per heavy atom. The zero-order chi connectivity index (χ0) is 19.8. The lowest BCUT2D eigenvalue weighted by Gasteiger charge is -2.23. The van der Waals surface area contributed by atoms with Gasteiger partial charge in [0.15, 0.2) is 0 Å². The molecule has 0 saturated carbocycles. The van der Waals surface area contributed by atoms with E-state index in [2.05, 4.69) is 5.32 Å². The number of halogens is 2. The highest BCUT2D eigenvalue weighted by atomic mass is 19.1. The van der Waals surface area contributed by atoms with Crippen LogP contribution < -0.4 is 5.32 Å². The fraction of sp³-hybridized carbons (Fsp3) is 0.0909. The van der Waals surface area contributed by atoms with Crippen molar-refractivity contribution in [2.75, 3.05) is 0 Å². The summed E-state index contributed by atoms with van der Waals surface area (Å²) in [5, 5.41) is 12.2. The highest BCUT2D eigenvalue weighted by molar-refractivity contribution is 5.97. The smallest absolute Gasteiger partial charge is 0.327 e. The summed E-state index contributed by atoms with van der Waals surface area (Å²) in [6.07, 6.45) is 0. The quantitative estimate of drug-likeness (QED) is 0.721. The van der Waals surface area contributed by atoms with Crippen LogP contribution in [0.5, 0.6) is 0 Å². The van der Waals surface area contributed by atoms with Crippen molar-refractivity contribution in [1.29, 1.82) is 0 Å². The van der Waals surface area contributed by atoms with E-state index >= 15 is 0 Å². The lowest BCUT2D eigenvalue weighted by molar-refractivity contribution is -0.139. The highest BCUT2D eigenvalue weighted by Gasteiger charge is 2.39. The third kappa shape index (κ3) is 2.93. The van der Waals surface area contributed by atoms with Gasteiger partial charge in [0.05, 0.1) is 5.56 Å². The molecule has 0 aromatic heterocycles. The zero-order valence-electron chi connectivity index (χ0n) is 14.5. The molecule has 2 N–H and O–H groups in total. The van der Waals surface area contributed by atoms with Crippen molar-refractivity contribution < 1.29 is 23.5 Å². The number of hydrogen-bond donors (Lipinski definition) is 2. The first-order valence-electron chi connectivity index (χ1n) is 8.64. The van der Waals surface area contributed by atoms with Crippen LogP contribution in [0, 0.1) is 11.6 Å². The van der Waals surface area contributed by atoms with Gasteiger partial charge in [-0.15, -0.1) is 0 Å². The highest BCUT2D eigenvalue weighted by Crippen LogP contribution is 2.46. The monoisotopic (exact) mass is 379 g/mol. The third-order valence-corrected chi connectivity index (χ3v) is 4.94. The average Bonchev–Trinajstić information content (AvgIpc) is 3.00. The molecule has 0 saturated heterocycles. The van der Waals surface area contributed by atoms with E-state index in [-0.39, 0.29) is 0 Å². The number of nitrogens with one attached hydrogen (secondary N) is 1. The molecule has 0 unspecified atom stereocenters. The standard InChI is InChI=1S/C22H15F2NO3/c23-12-9-10-17(18(24)11-12)21(26)25-20(22(27)28)19-15-7-3-1-5-13(15)14-6-2-4-8-16(14)19/h1-11,19-20H,(H,25,26)(H,27,28)/t20-/m1/s1. The maximum atomic E-state index is 14.0. The van der Waals surface area contributed by atoms with E-state index in [1.54, 1.807) is 12.1 Å². The second-order valence-electron chi connectivity index (χ2n) is 6.57. The van der Waals surface area contributed by atoms with E-state index in [0.29, 0.717) is 6.07 Å². The number of fused-ring (bicyclic) bond motifs is 3. The molecule has 3 aromatic rings. The average molecular weight is 379 g/mol. The second kappa shape index (κ2) is 6.88. The van der Waals surface area contributed by atoms with E-state index in [1.165, 1.54) is 0 Å². The summed E-state index contributed by atoms with van der Waals surface area (Å²) >= 11 is 0. The van der Waals surface area contributed by atoms with E-state index in [1.807, 2.05) is 36.4 Å². The predicted octanol–water partition coefficient (Wildman–Crippen LogP) is 3.96. The van der Waals surface area contributed by atoms with Crippen LogP contribution in [0.4, 0.5) is 8.78 Å². The molecule has 0 fully saturated rings. The SMILES string of the molecule is O=C(N[C@@H](C(=O)O)C1c2ccccc2-c2ccccc21)c1ccc(F)cc1F. The van der Waals surface area contributed by atoms with Gasteiger partial charge in [0, 0.05) is 12.0 Å². The van der Waals surface area contributed by atoms with Crippen LogP contribution in [0.1, 0.15) is 27.4 Å². The molecular formula is C22H15F2NO3. The summed E-state index contributed by atoms with van der Waals surface area (Å²) in [5.41, 5.74) is 2.94. The van der Waals surface area contributed by atoms with Crippen molar-refractivity contribution in [3.63, 3.8) is 0 Å². The molecule has 1 aliphatic rings. The van der Waals surface area contributed by atoms with Gasteiger partial charge in [0.1, 0.15) is 17.7 Å². The first-order chi connectivity index (χ1) is 13.5. The summed E-state index contributed by atoms with van der Waals surface area (Å²) in [7, 11) is 0. The summed E-state index contributed by atoms with van der Waals surface area (Å²) in [6, 6.07) is 16.0. The molecule has 140 valence electrons. The molecule has 0 radical (unpaired) electrons. The minimum absolute atomic E-state index is 0.410. The lowest BCUT2D eigenvalue weighted by Crippen LogP contribution is -2.45. The number of carbonyl (C=O) groups excluding carboxylic acids is 1. The number of amides is 1. The molecule has 0 spiro atoms. The first-order valence-corrected chi connectivity index (χ1v) is 8.64. The Hall–Kier alpha value is -3.54. The summed E-state index contributed by atoms with van der Waals surface area (Å²) in [4.78, 5) is 24.6. The number of aliphatic carboxylic acids is 1. The van der Waals surface area contributed by atoms with Crippen molar-refractivity contribution in [1.82, 2.24) is 5.32 Å². The molecule has 3 aromatic carbocycles. The summed E-state index contributed by atoms with van der Waals surface area (Å²) in [6.45, 7) is 0. The number of hydrogen-bond acceptors (Lipinski definition) is 2. The third-order valence-electron chi connectivity index (χ3n) is 4.94. The Morgan fingerprint density at radius 2 is 1.46 bits per heavy atom. The van der Waals surface area contributed by atoms with Gasteiger partial charge in [0.25, 0.3) is 5.91 Å². The number of carboxylic acids is 1. The Labute approximate surface area is 159 Å². The van der Waals surface area contributed by atoms with Gasteiger partial charge in [0.2, 0.25) is 0 Å². The Balaban J connectivity index is 1.75. The van der Waals surface area contributed by atoms with Crippen LogP contribution in [-0.2, 0) is 4.79 Å². The minimum Gasteiger partial charge on any atom is -0.480 e. The number of benzene rings is 3. The van der Waals surface area contributed by atoms with Gasteiger partial charge in [-0.3, -0.25) is 4.79 Å². The van der Waals surface area contributed by atoms with Crippen molar-refractivity contribution in [3.05, 3.63) is 95.1 Å².